The molecule has 1 spiro atoms. The maximum atomic E-state index is 12.4. The van der Waals surface area contributed by atoms with Crippen molar-refractivity contribution < 1.29 is 17.9 Å². The highest BCUT2D eigenvalue weighted by molar-refractivity contribution is 7.93. The Bertz CT molecular complexity index is 656. The molecule has 0 aromatic carbocycles. The Kier molecular flexibility index (Phi) is 3.90. The lowest BCUT2D eigenvalue weighted by atomic mass is 9.83. The molecule has 2 aliphatic heterocycles. The Morgan fingerprint density at radius 2 is 2.23 bits per heavy atom. The number of carbonyl (C=O) groups excluding carboxylic acids is 1. The predicted octanol–water partition coefficient (Wildman–Crippen LogP) is 0.142. The van der Waals surface area contributed by atoms with E-state index in [-0.39, 0.29) is 36.4 Å². The summed E-state index contributed by atoms with van der Waals surface area (Å²) in [5.74, 6) is -0.128. The Labute approximate surface area is 129 Å². The smallest absolute Gasteiger partial charge is 0.274 e. The molecule has 2 aliphatic rings. The second-order valence-electron chi connectivity index (χ2n) is 5.78. The van der Waals surface area contributed by atoms with Gasteiger partial charge in [-0.25, -0.2) is 13.4 Å². The van der Waals surface area contributed by atoms with Crippen molar-refractivity contribution in [2.24, 2.45) is 5.92 Å². The van der Waals surface area contributed by atoms with Crippen LogP contribution in [0.15, 0.2) is 18.6 Å². The van der Waals surface area contributed by atoms with Gasteiger partial charge in [0.2, 0.25) is 0 Å². The molecule has 2 saturated heterocycles. The first kappa shape index (κ1) is 15.4. The van der Waals surface area contributed by atoms with E-state index in [1.165, 1.54) is 23.5 Å². The van der Waals surface area contributed by atoms with Crippen molar-refractivity contribution in [3.8, 4) is 0 Å². The van der Waals surface area contributed by atoms with Gasteiger partial charge in [0.05, 0.1) is 18.6 Å². The SMILES string of the molecule is CCOC[C@@H]1CCS(=O)(=O)C12CN(C(=O)c1cnccn1)C2. The highest BCUT2D eigenvalue weighted by atomic mass is 32.2. The Balaban J connectivity index is 1.75. The van der Waals surface area contributed by atoms with Crippen LogP contribution in [0.25, 0.3) is 0 Å². The molecule has 0 radical (unpaired) electrons. The number of carbonyl (C=O) groups is 1. The van der Waals surface area contributed by atoms with Crippen molar-refractivity contribution in [3.63, 3.8) is 0 Å². The molecule has 0 N–H and O–H groups in total. The molecule has 1 atom stereocenters. The highest BCUT2D eigenvalue weighted by Gasteiger charge is 2.62. The van der Waals surface area contributed by atoms with E-state index in [1.807, 2.05) is 6.92 Å². The zero-order valence-electron chi connectivity index (χ0n) is 12.4. The van der Waals surface area contributed by atoms with Crippen molar-refractivity contribution in [1.82, 2.24) is 14.9 Å². The maximum absolute atomic E-state index is 12.4. The zero-order chi connectivity index (χ0) is 15.8. The molecule has 120 valence electrons. The number of hydrogen-bond donors (Lipinski definition) is 0. The van der Waals surface area contributed by atoms with E-state index in [4.69, 9.17) is 4.74 Å². The summed E-state index contributed by atoms with van der Waals surface area (Å²) in [6, 6.07) is 0. The minimum Gasteiger partial charge on any atom is -0.381 e. The number of amides is 1. The van der Waals surface area contributed by atoms with Crippen LogP contribution in [-0.4, -0.2) is 66.0 Å². The van der Waals surface area contributed by atoms with E-state index in [0.29, 0.717) is 19.6 Å². The van der Waals surface area contributed by atoms with Crippen molar-refractivity contribution >= 4 is 15.7 Å². The van der Waals surface area contributed by atoms with Gasteiger partial charge in [0.15, 0.2) is 9.84 Å². The monoisotopic (exact) mass is 325 g/mol. The third kappa shape index (κ3) is 2.30. The molecule has 1 aromatic heterocycles. The van der Waals surface area contributed by atoms with Crippen LogP contribution in [-0.2, 0) is 14.6 Å². The van der Waals surface area contributed by atoms with E-state index < -0.39 is 14.6 Å². The minimum atomic E-state index is -3.19. The molecule has 0 saturated carbocycles. The van der Waals surface area contributed by atoms with Gasteiger partial charge in [0.1, 0.15) is 10.4 Å². The summed E-state index contributed by atoms with van der Waals surface area (Å²) < 4.78 is 29.4. The van der Waals surface area contributed by atoms with E-state index in [1.54, 1.807) is 0 Å². The largest absolute Gasteiger partial charge is 0.381 e. The molecule has 22 heavy (non-hydrogen) atoms. The van der Waals surface area contributed by atoms with E-state index in [0.717, 1.165) is 0 Å². The van der Waals surface area contributed by atoms with Crippen molar-refractivity contribution in [3.05, 3.63) is 24.3 Å². The van der Waals surface area contributed by atoms with Crippen LogP contribution in [0.5, 0.6) is 0 Å². The molecule has 7 nitrogen and oxygen atoms in total. The number of ether oxygens (including phenoxy) is 1. The third-order valence-corrected chi connectivity index (χ3v) is 7.21. The number of hydrogen-bond acceptors (Lipinski definition) is 6. The fraction of sp³-hybridized carbons (Fsp3) is 0.643. The fourth-order valence-electron chi connectivity index (χ4n) is 3.28. The lowest BCUT2D eigenvalue weighted by Gasteiger charge is -2.49. The van der Waals surface area contributed by atoms with Gasteiger partial charge in [0.25, 0.3) is 5.91 Å². The molecular formula is C14H19N3O4S. The van der Waals surface area contributed by atoms with Crippen LogP contribution in [0.4, 0.5) is 0 Å². The topological polar surface area (TPSA) is 89.5 Å². The first-order chi connectivity index (χ1) is 10.5. The van der Waals surface area contributed by atoms with Crippen molar-refractivity contribution in [2.75, 3.05) is 32.1 Å². The summed E-state index contributed by atoms with van der Waals surface area (Å²) >= 11 is 0. The van der Waals surface area contributed by atoms with Crippen LogP contribution in [0.3, 0.4) is 0 Å². The standard InChI is InChI=1S/C14H19N3O4S/c1-2-21-8-11-3-6-22(19,20)14(11)9-17(10-14)13(18)12-7-15-4-5-16-12/h4-5,7,11H,2-3,6,8-10H2,1H3/t11-/m0/s1. The van der Waals surface area contributed by atoms with E-state index in [2.05, 4.69) is 9.97 Å². The summed E-state index contributed by atoms with van der Waals surface area (Å²) in [7, 11) is -3.19. The molecular weight excluding hydrogens is 306 g/mol. The molecule has 2 fully saturated rings. The van der Waals surface area contributed by atoms with Crippen molar-refractivity contribution in [2.45, 2.75) is 18.1 Å². The summed E-state index contributed by atoms with van der Waals surface area (Å²) in [5.41, 5.74) is 0.245. The van der Waals surface area contributed by atoms with Gasteiger partial charge in [-0.15, -0.1) is 0 Å². The maximum Gasteiger partial charge on any atom is 0.274 e. The first-order valence-corrected chi connectivity index (χ1v) is 9.01. The summed E-state index contributed by atoms with van der Waals surface area (Å²) in [6.45, 7) is 3.34. The Hall–Kier alpha value is -1.54. The normalized spacial score (nSPS) is 25.1. The summed E-state index contributed by atoms with van der Waals surface area (Å²) in [6.07, 6.45) is 4.95. The fourth-order valence-corrected chi connectivity index (χ4v) is 5.68. The van der Waals surface area contributed by atoms with Crippen molar-refractivity contribution in [1.29, 1.82) is 0 Å². The second kappa shape index (κ2) is 5.58. The molecule has 1 aromatic rings. The van der Waals surface area contributed by atoms with E-state index >= 15 is 0 Å². The Morgan fingerprint density at radius 1 is 1.45 bits per heavy atom. The van der Waals surface area contributed by atoms with Crippen LogP contribution in [0, 0.1) is 5.92 Å². The molecule has 3 heterocycles. The molecule has 8 heteroatoms. The van der Waals surface area contributed by atoms with Gasteiger partial charge in [-0.1, -0.05) is 0 Å². The number of nitrogens with zero attached hydrogens (tertiary/aromatic N) is 3. The number of likely N-dealkylation sites (tertiary alicyclic amines) is 1. The minimum absolute atomic E-state index is 0.0386. The number of aromatic nitrogens is 2. The van der Waals surface area contributed by atoms with Gasteiger partial charge in [-0.05, 0) is 13.3 Å². The highest BCUT2D eigenvalue weighted by Crippen LogP contribution is 2.45. The summed E-state index contributed by atoms with van der Waals surface area (Å²) in [5, 5.41) is 0. The average Bonchev–Trinajstić information content (AvgIpc) is 2.74. The van der Waals surface area contributed by atoms with Crippen LogP contribution < -0.4 is 0 Å². The van der Waals surface area contributed by atoms with Crippen LogP contribution in [0.1, 0.15) is 23.8 Å². The summed E-state index contributed by atoms with van der Waals surface area (Å²) in [4.78, 5) is 21.7. The molecule has 1 amide bonds. The van der Waals surface area contributed by atoms with E-state index in [9.17, 15) is 13.2 Å². The third-order valence-electron chi connectivity index (χ3n) is 4.61. The van der Waals surface area contributed by atoms with Gasteiger partial charge in [0, 0.05) is 38.0 Å². The molecule has 0 aliphatic carbocycles. The predicted molar refractivity (Wildman–Crippen MR) is 79.1 cm³/mol. The van der Waals surface area contributed by atoms with Crippen LogP contribution in [0.2, 0.25) is 0 Å². The lowest BCUT2D eigenvalue weighted by molar-refractivity contribution is 0.0266. The van der Waals surface area contributed by atoms with Gasteiger partial charge in [-0.3, -0.25) is 9.78 Å². The molecule has 3 rings (SSSR count). The quantitative estimate of drug-likeness (QED) is 0.782. The lowest BCUT2D eigenvalue weighted by Crippen LogP contribution is -2.68. The molecule has 0 unspecified atom stereocenters. The number of rotatable bonds is 4. The van der Waals surface area contributed by atoms with Gasteiger partial charge < -0.3 is 9.64 Å². The first-order valence-electron chi connectivity index (χ1n) is 7.35. The van der Waals surface area contributed by atoms with Crippen LogP contribution >= 0.6 is 0 Å². The number of sulfone groups is 1. The second-order valence-corrected chi connectivity index (χ2v) is 8.23. The molecule has 0 bridgehead atoms. The van der Waals surface area contributed by atoms with Gasteiger partial charge >= 0.3 is 0 Å². The Morgan fingerprint density at radius 3 is 2.86 bits per heavy atom. The average molecular weight is 325 g/mol. The van der Waals surface area contributed by atoms with Gasteiger partial charge in [-0.2, -0.15) is 0 Å². The zero-order valence-corrected chi connectivity index (χ0v) is 13.3.